The van der Waals surface area contributed by atoms with Crippen LogP contribution in [0.25, 0.3) is 6.08 Å². The molecule has 1 amide bonds. The largest absolute Gasteiger partial charge is 0.414 e. The number of nitrogens with one attached hydrogen (secondary N) is 1. The van der Waals surface area contributed by atoms with Crippen LogP contribution >= 0.6 is 24.0 Å². The van der Waals surface area contributed by atoms with Gasteiger partial charge in [0.1, 0.15) is 10.7 Å². The van der Waals surface area contributed by atoms with Crippen molar-refractivity contribution in [1.29, 1.82) is 0 Å². The minimum absolute atomic E-state index is 0.411. The molecule has 0 spiro atoms. The van der Waals surface area contributed by atoms with E-state index in [9.17, 15) is 4.79 Å². The molecular weight excluding hydrogens is 368 g/mol. The van der Waals surface area contributed by atoms with E-state index < -0.39 is 6.09 Å². The number of amidine groups is 1. The van der Waals surface area contributed by atoms with Gasteiger partial charge >= 0.3 is 6.09 Å². The van der Waals surface area contributed by atoms with Crippen LogP contribution in [-0.4, -0.2) is 53.3 Å². The molecule has 0 aromatic heterocycles. The topological polar surface area (TPSA) is 57.2 Å². The van der Waals surface area contributed by atoms with Gasteiger partial charge in [0.15, 0.2) is 5.17 Å². The molecule has 6 nitrogen and oxygen atoms in total. The first kappa shape index (κ1) is 18.9. The fourth-order valence-corrected chi connectivity index (χ4v) is 3.79. The summed E-state index contributed by atoms with van der Waals surface area (Å²) >= 11 is 6.98. The number of ether oxygens (including phenoxy) is 1. The molecule has 3 rings (SSSR count). The van der Waals surface area contributed by atoms with Crippen LogP contribution in [0.3, 0.4) is 0 Å². The standard InChI is InChI=1S/C18H22N4O2S2/c1-12-6-7-13(14(10-12)24-18(23)21(2)3)11-15-16(25)20-17(26-15)22-9-5-4-8-19-22/h6-7,10-11,19H,4-5,8-9H2,1-3H3/b15-11-. The minimum Gasteiger partial charge on any atom is -0.410 e. The average molecular weight is 391 g/mol. The van der Waals surface area contributed by atoms with E-state index in [1.165, 1.54) is 11.3 Å². The highest BCUT2D eigenvalue weighted by atomic mass is 32.2. The zero-order chi connectivity index (χ0) is 18.7. The van der Waals surface area contributed by atoms with Crippen LogP contribution in [0.4, 0.5) is 4.79 Å². The summed E-state index contributed by atoms with van der Waals surface area (Å²) in [4.78, 5) is 19.3. The van der Waals surface area contributed by atoms with E-state index in [1.807, 2.05) is 31.2 Å². The number of aryl methyl sites for hydroxylation is 1. The molecule has 0 bridgehead atoms. The van der Waals surface area contributed by atoms with E-state index in [1.54, 1.807) is 25.9 Å². The van der Waals surface area contributed by atoms with Crippen LogP contribution in [0.15, 0.2) is 28.1 Å². The molecule has 0 unspecified atom stereocenters. The number of amides is 1. The molecule has 0 atom stereocenters. The Kier molecular flexibility index (Phi) is 5.95. The number of aliphatic imine (C=N–C) groups is 1. The number of nitrogens with zero attached hydrogens (tertiary/aromatic N) is 3. The lowest BCUT2D eigenvalue weighted by Gasteiger charge is -2.28. The van der Waals surface area contributed by atoms with Gasteiger partial charge in [-0.15, -0.1) is 0 Å². The maximum absolute atomic E-state index is 12.0. The van der Waals surface area contributed by atoms with Crippen molar-refractivity contribution in [3.05, 3.63) is 34.2 Å². The normalized spacial score (nSPS) is 18.9. The van der Waals surface area contributed by atoms with E-state index in [2.05, 4.69) is 15.4 Å². The zero-order valence-corrected chi connectivity index (χ0v) is 16.7. The average Bonchev–Trinajstić information content (AvgIpc) is 2.98. The second-order valence-corrected chi connectivity index (χ2v) is 7.78. The Morgan fingerprint density at radius 1 is 1.42 bits per heavy atom. The number of carbonyl (C=O) groups excluding carboxylic acids is 1. The second kappa shape index (κ2) is 8.20. The molecular formula is C18H22N4O2S2. The molecule has 0 aliphatic carbocycles. The molecule has 1 fully saturated rings. The lowest BCUT2D eigenvalue weighted by Crippen LogP contribution is -2.45. The third kappa shape index (κ3) is 4.44. The van der Waals surface area contributed by atoms with Crippen molar-refractivity contribution < 1.29 is 9.53 Å². The Morgan fingerprint density at radius 3 is 2.92 bits per heavy atom. The van der Waals surface area contributed by atoms with Gasteiger partial charge in [0.05, 0.1) is 4.91 Å². The Balaban J connectivity index is 1.81. The van der Waals surface area contributed by atoms with Gasteiger partial charge in [0, 0.05) is 32.7 Å². The number of hydrogen-bond acceptors (Lipinski definition) is 6. The maximum Gasteiger partial charge on any atom is 0.414 e. The van der Waals surface area contributed by atoms with Crippen LogP contribution in [0.2, 0.25) is 0 Å². The molecule has 2 aliphatic rings. The van der Waals surface area contributed by atoms with E-state index in [4.69, 9.17) is 17.0 Å². The highest BCUT2D eigenvalue weighted by Gasteiger charge is 2.25. The maximum atomic E-state index is 12.0. The van der Waals surface area contributed by atoms with Gasteiger partial charge in [-0.25, -0.2) is 15.2 Å². The molecule has 8 heteroatoms. The third-order valence-electron chi connectivity index (χ3n) is 3.97. The number of carbonyl (C=O) groups is 1. The van der Waals surface area contributed by atoms with Crippen LogP contribution in [0.1, 0.15) is 24.0 Å². The Labute approximate surface area is 163 Å². The quantitative estimate of drug-likeness (QED) is 0.617. The van der Waals surface area contributed by atoms with Gasteiger partial charge < -0.3 is 9.64 Å². The van der Waals surface area contributed by atoms with Crippen molar-refractivity contribution in [1.82, 2.24) is 15.3 Å². The summed E-state index contributed by atoms with van der Waals surface area (Å²) in [5, 5.41) is 2.93. The van der Waals surface area contributed by atoms with Crippen LogP contribution in [0.5, 0.6) is 5.75 Å². The highest BCUT2D eigenvalue weighted by molar-refractivity contribution is 8.19. The smallest absolute Gasteiger partial charge is 0.410 e. The van der Waals surface area contributed by atoms with Gasteiger partial charge in [-0.3, -0.25) is 5.01 Å². The number of rotatable bonds is 2. The van der Waals surface area contributed by atoms with E-state index >= 15 is 0 Å². The molecule has 1 saturated heterocycles. The van der Waals surface area contributed by atoms with Gasteiger partial charge in [-0.2, -0.15) is 0 Å². The van der Waals surface area contributed by atoms with Crippen molar-refractivity contribution >= 4 is 46.3 Å². The molecule has 2 heterocycles. The molecule has 1 N–H and O–H groups in total. The van der Waals surface area contributed by atoms with E-state index in [0.29, 0.717) is 10.7 Å². The summed E-state index contributed by atoms with van der Waals surface area (Å²) in [6.45, 7) is 3.84. The lowest BCUT2D eigenvalue weighted by atomic mass is 10.1. The predicted octanol–water partition coefficient (Wildman–Crippen LogP) is 3.43. The number of thioether (sulfide) groups is 1. The first-order valence-corrected chi connectivity index (χ1v) is 9.70. The summed E-state index contributed by atoms with van der Waals surface area (Å²) in [6.07, 6.45) is 3.84. The number of thiocarbonyl (C=S) groups is 1. The molecule has 2 aliphatic heterocycles. The van der Waals surface area contributed by atoms with Crippen molar-refractivity contribution in [2.45, 2.75) is 19.8 Å². The summed E-state index contributed by atoms with van der Waals surface area (Å²) < 4.78 is 5.51. The monoisotopic (exact) mass is 390 g/mol. The summed E-state index contributed by atoms with van der Waals surface area (Å²) in [7, 11) is 3.31. The van der Waals surface area contributed by atoms with Crippen LogP contribution < -0.4 is 10.2 Å². The lowest BCUT2D eigenvalue weighted by molar-refractivity contribution is 0.172. The second-order valence-electron chi connectivity index (χ2n) is 6.38. The molecule has 0 radical (unpaired) electrons. The number of hydrazine groups is 1. The van der Waals surface area contributed by atoms with Crippen molar-refractivity contribution in [3.8, 4) is 5.75 Å². The zero-order valence-electron chi connectivity index (χ0n) is 15.1. The van der Waals surface area contributed by atoms with E-state index in [-0.39, 0.29) is 0 Å². The fourth-order valence-electron chi connectivity index (χ4n) is 2.54. The van der Waals surface area contributed by atoms with Crippen LogP contribution in [-0.2, 0) is 0 Å². The van der Waals surface area contributed by atoms with Gasteiger partial charge in [0.25, 0.3) is 0 Å². The van der Waals surface area contributed by atoms with Crippen molar-refractivity contribution in [2.24, 2.45) is 4.99 Å². The van der Waals surface area contributed by atoms with Crippen molar-refractivity contribution in [3.63, 3.8) is 0 Å². The Hall–Kier alpha value is -1.90. The fraction of sp³-hybridized carbons (Fsp3) is 0.389. The highest BCUT2D eigenvalue weighted by Crippen LogP contribution is 2.33. The number of hydrogen-bond donors (Lipinski definition) is 1. The van der Waals surface area contributed by atoms with Crippen LogP contribution in [0, 0.1) is 6.92 Å². The van der Waals surface area contributed by atoms with Gasteiger partial charge in [0.2, 0.25) is 0 Å². The molecule has 1 aromatic rings. The van der Waals surface area contributed by atoms with Crippen molar-refractivity contribution in [2.75, 3.05) is 27.2 Å². The first-order chi connectivity index (χ1) is 12.4. The summed E-state index contributed by atoms with van der Waals surface area (Å²) in [5.41, 5.74) is 5.17. The SMILES string of the molecule is Cc1ccc(/C=C2\SC(N3CCCCN3)=NC2=S)c(OC(=O)N(C)C)c1. The first-order valence-electron chi connectivity index (χ1n) is 8.47. The minimum atomic E-state index is -0.411. The predicted molar refractivity (Wildman–Crippen MR) is 110 cm³/mol. The van der Waals surface area contributed by atoms with Gasteiger partial charge in [-0.05, 0) is 49.2 Å². The Bertz CT molecular complexity index is 783. The number of benzene rings is 1. The molecule has 1 aromatic carbocycles. The summed E-state index contributed by atoms with van der Waals surface area (Å²) in [5.74, 6) is 0.518. The third-order valence-corrected chi connectivity index (χ3v) is 5.44. The Morgan fingerprint density at radius 2 is 2.23 bits per heavy atom. The van der Waals surface area contributed by atoms with Gasteiger partial charge in [-0.1, -0.05) is 24.4 Å². The van der Waals surface area contributed by atoms with E-state index in [0.717, 1.165) is 40.7 Å². The molecule has 26 heavy (non-hydrogen) atoms. The molecule has 138 valence electrons. The molecule has 0 saturated carbocycles. The summed E-state index contributed by atoms with van der Waals surface area (Å²) in [6, 6.07) is 5.77.